The number of H-pyrrole nitrogens is 1. The van der Waals surface area contributed by atoms with Crippen LogP contribution in [0.3, 0.4) is 0 Å². The zero-order valence-corrected chi connectivity index (χ0v) is 18.6. The average molecular weight is 454 g/mol. The number of nitrogens with one attached hydrogen (secondary N) is 1. The number of carbonyl (C=O) groups is 2. The molecule has 6 heteroatoms. The molecule has 0 saturated carbocycles. The number of fused-ring (bicyclic) bond motifs is 4. The Labute approximate surface area is 196 Å². The van der Waals surface area contributed by atoms with Crippen LogP contribution >= 0.6 is 0 Å². The molecule has 2 atom stereocenters. The van der Waals surface area contributed by atoms with Gasteiger partial charge in [-0.1, -0.05) is 60.7 Å². The van der Waals surface area contributed by atoms with Crippen molar-refractivity contribution in [1.29, 1.82) is 0 Å². The number of hydrogen-bond acceptors (Lipinski definition) is 2. The van der Waals surface area contributed by atoms with Crippen molar-refractivity contribution < 1.29 is 14.0 Å². The predicted molar refractivity (Wildman–Crippen MR) is 128 cm³/mol. The number of carbonyl (C=O) groups excluding carboxylic acids is 2. The van der Waals surface area contributed by atoms with Crippen molar-refractivity contribution >= 4 is 22.7 Å². The Morgan fingerprint density at radius 3 is 2.44 bits per heavy atom. The van der Waals surface area contributed by atoms with Crippen LogP contribution < -0.4 is 0 Å². The maximum Gasteiger partial charge on any atom is 0.246 e. The van der Waals surface area contributed by atoms with Gasteiger partial charge in [-0.2, -0.15) is 0 Å². The van der Waals surface area contributed by atoms with Crippen molar-refractivity contribution in [2.75, 3.05) is 13.1 Å². The fraction of sp³-hybridized carbons (Fsp3) is 0.214. The number of para-hydroxylation sites is 1. The van der Waals surface area contributed by atoms with Crippen LogP contribution in [0.15, 0.2) is 78.9 Å². The van der Waals surface area contributed by atoms with Crippen LogP contribution in [0.5, 0.6) is 0 Å². The second-order valence-electron chi connectivity index (χ2n) is 9.03. The molecule has 3 aromatic carbocycles. The van der Waals surface area contributed by atoms with Gasteiger partial charge in [0.25, 0.3) is 0 Å². The number of amides is 2. The summed E-state index contributed by atoms with van der Waals surface area (Å²) in [6.07, 6.45) is 1.06. The Kier molecular flexibility index (Phi) is 4.94. The SMILES string of the molecule is O=C1[C@@H]2Cc3c([nH]c4ccccc34)[C@H](c3ccccc3)N2C(=O)CN1CCc1ccc(F)cc1. The molecule has 5 nitrogen and oxygen atoms in total. The second kappa shape index (κ2) is 8.13. The number of piperazine rings is 1. The Morgan fingerprint density at radius 1 is 0.912 bits per heavy atom. The molecule has 1 fully saturated rings. The van der Waals surface area contributed by atoms with Crippen molar-refractivity contribution in [2.45, 2.75) is 24.9 Å². The smallest absolute Gasteiger partial charge is 0.246 e. The van der Waals surface area contributed by atoms with Gasteiger partial charge < -0.3 is 14.8 Å². The highest BCUT2D eigenvalue weighted by molar-refractivity contribution is 5.97. The maximum absolute atomic E-state index is 13.7. The minimum Gasteiger partial charge on any atom is -0.356 e. The van der Waals surface area contributed by atoms with E-state index < -0.39 is 6.04 Å². The molecule has 4 aromatic rings. The summed E-state index contributed by atoms with van der Waals surface area (Å²) in [4.78, 5) is 34.2. The molecule has 3 heterocycles. The number of rotatable bonds is 4. The van der Waals surface area contributed by atoms with E-state index in [1.165, 1.54) is 12.1 Å². The van der Waals surface area contributed by atoms with E-state index in [0.717, 1.165) is 33.3 Å². The minimum absolute atomic E-state index is 0.0291. The summed E-state index contributed by atoms with van der Waals surface area (Å²) in [6.45, 7) is 0.479. The molecule has 6 rings (SSSR count). The topological polar surface area (TPSA) is 56.4 Å². The van der Waals surface area contributed by atoms with E-state index in [9.17, 15) is 14.0 Å². The molecule has 170 valence electrons. The Hall–Kier alpha value is -3.93. The molecular formula is C28H24FN3O2. The minimum atomic E-state index is -0.550. The number of benzene rings is 3. The molecule has 2 aliphatic rings. The summed E-state index contributed by atoms with van der Waals surface area (Å²) in [6, 6.07) is 23.4. The molecule has 2 aliphatic heterocycles. The van der Waals surface area contributed by atoms with Crippen LogP contribution in [0.2, 0.25) is 0 Å². The molecule has 0 spiro atoms. The van der Waals surface area contributed by atoms with E-state index >= 15 is 0 Å². The lowest BCUT2D eigenvalue weighted by atomic mass is 9.86. The van der Waals surface area contributed by atoms with Crippen molar-refractivity contribution in [1.82, 2.24) is 14.8 Å². The molecule has 0 radical (unpaired) electrons. The molecule has 1 saturated heterocycles. The van der Waals surface area contributed by atoms with Gasteiger partial charge >= 0.3 is 0 Å². The van der Waals surface area contributed by atoms with Gasteiger partial charge in [0, 0.05) is 29.6 Å². The number of nitrogens with zero attached hydrogens (tertiary/aromatic N) is 2. The second-order valence-corrected chi connectivity index (χ2v) is 9.03. The fourth-order valence-corrected chi connectivity index (χ4v) is 5.41. The van der Waals surface area contributed by atoms with Crippen LogP contribution in [-0.2, 0) is 22.4 Å². The molecular weight excluding hydrogens is 429 g/mol. The Balaban J connectivity index is 1.37. The summed E-state index contributed by atoms with van der Waals surface area (Å²) in [5, 5.41) is 1.10. The van der Waals surface area contributed by atoms with Crippen molar-refractivity contribution in [3.63, 3.8) is 0 Å². The first-order valence-corrected chi connectivity index (χ1v) is 11.6. The zero-order chi connectivity index (χ0) is 23.2. The highest BCUT2D eigenvalue weighted by atomic mass is 19.1. The zero-order valence-electron chi connectivity index (χ0n) is 18.6. The summed E-state index contributed by atoms with van der Waals surface area (Å²) >= 11 is 0. The Bertz CT molecular complexity index is 1380. The lowest BCUT2D eigenvalue weighted by molar-refractivity contribution is -0.158. The lowest BCUT2D eigenvalue weighted by Crippen LogP contribution is -2.63. The van der Waals surface area contributed by atoms with E-state index in [-0.39, 0.29) is 30.2 Å². The quantitative estimate of drug-likeness (QED) is 0.503. The third kappa shape index (κ3) is 3.37. The van der Waals surface area contributed by atoms with E-state index in [1.54, 1.807) is 21.9 Å². The van der Waals surface area contributed by atoms with Gasteiger partial charge in [0.15, 0.2) is 0 Å². The van der Waals surface area contributed by atoms with Gasteiger partial charge in [-0.25, -0.2) is 4.39 Å². The van der Waals surface area contributed by atoms with E-state index in [0.29, 0.717) is 19.4 Å². The molecule has 1 aromatic heterocycles. The first kappa shape index (κ1) is 20.7. The van der Waals surface area contributed by atoms with Gasteiger partial charge in [-0.3, -0.25) is 9.59 Å². The fourth-order valence-electron chi connectivity index (χ4n) is 5.41. The van der Waals surface area contributed by atoms with Crippen molar-refractivity contribution in [2.24, 2.45) is 0 Å². The van der Waals surface area contributed by atoms with Gasteiger partial charge in [0.1, 0.15) is 11.9 Å². The third-order valence-corrected chi connectivity index (χ3v) is 7.04. The van der Waals surface area contributed by atoms with Gasteiger partial charge in [-0.05, 0) is 41.3 Å². The molecule has 0 aliphatic carbocycles. The third-order valence-electron chi connectivity index (χ3n) is 7.04. The molecule has 0 bridgehead atoms. The lowest BCUT2D eigenvalue weighted by Gasteiger charge is -2.47. The number of halogens is 1. The van der Waals surface area contributed by atoms with E-state index in [1.807, 2.05) is 48.5 Å². The first-order valence-electron chi connectivity index (χ1n) is 11.6. The van der Waals surface area contributed by atoms with Crippen LogP contribution in [-0.4, -0.2) is 45.7 Å². The van der Waals surface area contributed by atoms with Crippen molar-refractivity contribution in [3.05, 3.63) is 107 Å². The molecule has 2 amide bonds. The largest absolute Gasteiger partial charge is 0.356 e. The number of hydrogen-bond donors (Lipinski definition) is 1. The normalized spacial score (nSPS) is 19.9. The number of aromatic amines is 1. The summed E-state index contributed by atoms with van der Waals surface area (Å²) in [5.41, 5.74) is 5.04. The van der Waals surface area contributed by atoms with Gasteiger partial charge in [0.05, 0.1) is 12.6 Å². The van der Waals surface area contributed by atoms with Crippen LogP contribution in [0, 0.1) is 5.82 Å². The Morgan fingerprint density at radius 2 is 1.65 bits per heavy atom. The molecule has 1 N–H and O–H groups in total. The van der Waals surface area contributed by atoms with Crippen LogP contribution in [0.25, 0.3) is 10.9 Å². The monoisotopic (exact) mass is 453 g/mol. The molecule has 34 heavy (non-hydrogen) atoms. The van der Waals surface area contributed by atoms with Gasteiger partial charge in [-0.15, -0.1) is 0 Å². The van der Waals surface area contributed by atoms with Crippen LogP contribution in [0.1, 0.15) is 28.4 Å². The summed E-state index contributed by atoms with van der Waals surface area (Å²) in [5.74, 6) is -0.368. The average Bonchev–Trinajstić information content (AvgIpc) is 3.24. The highest BCUT2D eigenvalue weighted by Gasteiger charge is 2.48. The maximum atomic E-state index is 13.7. The standard InChI is InChI=1S/C28H24FN3O2/c29-20-12-10-18(11-13-20)14-15-31-17-25(33)32-24(28(31)34)16-22-21-8-4-5-9-23(21)30-26(22)27(32)19-6-2-1-3-7-19/h1-13,24,27,30H,14-17H2/t24-,27-/m0/s1. The van der Waals surface area contributed by atoms with Gasteiger partial charge in [0.2, 0.25) is 11.8 Å². The van der Waals surface area contributed by atoms with E-state index in [2.05, 4.69) is 11.1 Å². The highest BCUT2D eigenvalue weighted by Crippen LogP contribution is 2.42. The first-order chi connectivity index (χ1) is 16.6. The number of aromatic nitrogens is 1. The van der Waals surface area contributed by atoms with Crippen LogP contribution in [0.4, 0.5) is 4.39 Å². The summed E-state index contributed by atoms with van der Waals surface area (Å²) in [7, 11) is 0. The van der Waals surface area contributed by atoms with E-state index in [4.69, 9.17) is 0 Å². The van der Waals surface area contributed by atoms with Crippen molar-refractivity contribution in [3.8, 4) is 0 Å². The predicted octanol–water partition coefficient (Wildman–Crippen LogP) is 4.23. The molecule has 0 unspecified atom stereocenters. The summed E-state index contributed by atoms with van der Waals surface area (Å²) < 4.78 is 13.2.